The first kappa shape index (κ1) is 18.7. The second-order valence-corrected chi connectivity index (χ2v) is 8.90. The fourth-order valence-electron chi connectivity index (χ4n) is 5.01. The van der Waals surface area contributed by atoms with Crippen molar-refractivity contribution in [2.24, 2.45) is 23.7 Å². The highest BCUT2D eigenvalue weighted by molar-refractivity contribution is 5.87. The Hall–Kier alpha value is -2.05. The Morgan fingerprint density at radius 1 is 1.38 bits per heavy atom. The maximum absolute atomic E-state index is 12.2. The molecule has 1 saturated heterocycles. The van der Waals surface area contributed by atoms with E-state index in [4.69, 9.17) is 4.74 Å². The van der Waals surface area contributed by atoms with Crippen molar-refractivity contribution >= 4 is 18.0 Å². The SMILES string of the molecule is C=C(C)C(=O)OC(CN(C(=O)O)C(C)(C)C)C1C2CC3C(=O)NC1C3C2. The molecule has 2 saturated carbocycles. The number of hydrogen-bond donors (Lipinski definition) is 2. The number of nitrogens with one attached hydrogen (secondary N) is 1. The molecule has 0 spiro atoms. The lowest BCUT2D eigenvalue weighted by molar-refractivity contribution is -0.150. The zero-order valence-electron chi connectivity index (χ0n) is 15.8. The molecule has 2 bridgehead atoms. The van der Waals surface area contributed by atoms with Gasteiger partial charge >= 0.3 is 12.1 Å². The molecule has 1 aliphatic heterocycles. The number of nitrogens with zero attached hydrogens (tertiary/aromatic N) is 1. The van der Waals surface area contributed by atoms with Gasteiger partial charge in [-0.1, -0.05) is 6.58 Å². The van der Waals surface area contributed by atoms with Crippen LogP contribution in [0.4, 0.5) is 4.79 Å². The molecule has 0 aromatic rings. The lowest BCUT2D eigenvalue weighted by Crippen LogP contribution is -2.53. The van der Waals surface area contributed by atoms with E-state index in [0.717, 1.165) is 12.8 Å². The average Bonchev–Trinajstić information content (AvgIpc) is 3.12. The highest BCUT2D eigenvalue weighted by atomic mass is 16.5. The van der Waals surface area contributed by atoms with E-state index in [1.54, 1.807) is 6.92 Å². The minimum absolute atomic E-state index is 0.0372. The van der Waals surface area contributed by atoms with Gasteiger partial charge in [-0.2, -0.15) is 0 Å². The van der Waals surface area contributed by atoms with Crippen LogP contribution in [0.2, 0.25) is 0 Å². The summed E-state index contributed by atoms with van der Waals surface area (Å²) in [6, 6.07) is -0.0372. The lowest BCUT2D eigenvalue weighted by Gasteiger charge is -2.40. The van der Waals surface area contributed by atoms with E-state index in [0.29, 0.717) is 0 Å². The number of rotatable bonds is 5. The first-order valence-corrected chi connectivity index (χ1v) is 9.18. The molecule has 144 valence electrons. The standard InChI is InChI=1S/C19H28N2O5/c1-9(2)17(23)26-13(8-21(18(24)25)19(3,4)5)14-10-6-11-12(7-10)16(22)20-15(11)14/h10-15H,1,6-8H2,2-5H3,(H,20,22)(H,24,25). The molecule has 0 aromatic heterocycles. The zero-order chi connectivity index (χ0) is 19.4. The van der Waals surface area contributed by atoms with Gasteiger partial charge in [0.05, 0.1) is 6.54 Å². The predicted octanol–water partition coefficient (Wildman–Crippen LogP) is 2.02. The van der Waals surface area contributed by atoms with E-state index in [-0.39, 0.29) is 47.7 Å². The summed E-state index contributed by atoms with van der Waals surface area (Å²) in [5.74, 6) is 0.120. The summed E-state index contributed by atoms with van der Waals surface area (Å²) in [4.78, 5) is 37.5. The highest BCUT2D eigenvalue weighted by Crippen LogP contribution is 2.56. The summed E-state index contributed by atoms with van der Waals surface area (Å²) in [7, 11) is 0. The molecule has 3 aliphatic rings. The van der Waals surface area contributed by atoms with Gasteiger partial charge in [0.1, 0.15) is 6.10 Å². The van der Waals surface area contributed by atoms with Gasteiger partial charge < -0.3 is 15.2 Å². The van der Waals surface area contributed by atoms with Crippen molar-refractivity contribution in [1.29, 1.82) is 0 Å². The highest BCUT2D eigenvalue weighted by Gasteiger charge is 2.62. The van der Waals surface area contributed by atoms with Gasteiger partial charge in [0, 0.05) is 29.0 Å². The van der Waals surface area contributed by atoms with Crippen LogP contribution in [0.3, 0.4) is 0 Å². The number of carboxylic acid groups (broad SMARTS) is 1. The van der Waals surface area contributed by atoms with Gasteiger partial charge in [0.2, 0.25) is 5.91 Å². The Labute approximate surface area is 153 Å². The van der Waals surface area contributed by atoms with E-state index in [9.17, 15) is 19.5 Å². The molecule has 6 atom stereocenters. The van der Waals surface area contributed by atoms with Gasteiger partial charge in [0.25, 0.3) is 0 Å². The second kappa shape index (κ2) is 6.28. The normalized spacial score (nSPS) is 32.9. The molecule has 7 nitrogen and oxygen atoms in total. The fraction of sp³-hybridized carbons (Fsp3) is 0.737. The van der Waals surface area contributed by atoms with Gasteiger partial charge in [0.15, 0.2) is 0 Å². The molecule has 0 aromatic carbocycles. The topological polar surface area (TPSA) is 95.9 Å². The van der Waals surface area contributed by atoms with Crippen LogP contribution < -0.4 is 5.32 Å². The zero-order valence-corrected chi connectivity index (χ0v) is 15.8. The number of hydrogen-bond acceptors (Lipinski definition) is 4. The smallest absolute Gasteiger partial charge is 0.407 e. The first-order chi connectivity index (χ1) is 12.0. The van der Waals surface area contributed by atoms with Gasteiger partial charge in [-0.15, -0.1) is 0 Å². The molecule has 2 aliphatic carbocycles. The van der Waals surface area contributed by atoms with Crippen molar-refractivity contribution in [1.82, 2.24) is 10.2 Å². The van der Waals surface area contributed by atoms with Crippen LogP contribution in [0.25, 0.3) is 0 Å². The van der Waals surface area contributed by atoms with Crippen molar-refractivity contribution in [2.45, 2.75) is 58.2 Å². The molecule has 3 rings (SSSR count). The second-order valence-electron chi connectivity index (χ2n) is 8.90. The number of carbonyl (C=O) groups excluding carboxylic acids is 2. The van der Waals surface area contributed by atoms with E-state index < -0.39 is 23.7 Å². The van der Waals surface area contributed by atoms with Crippen LogP contribution >= 0.6 is 0 Å². The van der Waals surface area contributed by atoms with Gasteiger partial charge in [-0.25, -0.2) is 9.59 Å². The maximum Gasteiger partial charge on any atom is 0.407 e. The Kier molecular flexibility index (Phi) is 4.53. The largest absolute Gasteiger partial charge is 0.465 e. The number of fused-ring (bicyclic) bond motifs is 1. The predicted molar refractivity (Wildman–Crippen MR) is 94.3 cm³/mol. The molecule has 6 unspecified atom stereocenters. The summed E-state index contributed by atoms with van der Waals surface area (Å²) in [5.41, 5.74) is -0.345. The average molecular weight is 364 g/mol. The van der Waals surface area contributed by atoms with Gasteiger partial charge in [-0.05, 0) is 52.4 Å². The quantitative estimate of drug-likeness (QED) is 0.575. The molecule has 7 heteroatoms. The molecule has 2 amide bonds. The Balaban J connectivity index is 1.87. The Bertz CT molecular complexity index is 653. The van der Waals surface area contributed by atoms with Gasteiger partial charge in [-0.3, -0.25) is 9.69 Å². The summed E-state index contributed by atoms with van der Waals surface area (Å²) in [6.07, 6.45) is 0.0725. The molecule has 26 heavy (non-hydrogen) atoms. The lowest BCUT2D eigenvalue weighted by atomic mass is 9.78. The summed E-state index contributed by atoms with van der Waals surface area (Å²) in [5, 5.41) is 12.7. The third kappa shape index (κ3) is 3.08. The fourth-order valence-corrected chi connectivity index (χ4v) is 5.01. The third-order valence-electron chi connectivity index (χ3n) is 6.15. The van der Waals surface area contributed by atoms with Crippen molar-refractivity contribution < 1.29 is 24.2 Å². The third-order valence-corrected chi connectivity index (χ3v) is 6.15. The van der Waals surface area contributed by atoms with Crippen molar-refractivity contribution in [3.63, 3.8) is 0 Å². The monoisotopic (exact) mass is 364 g/mol. The first-order valence-electron chi connectivity index (χ1n) is 9.18. The molecule has 0 radical (unpaired) electrons. The minimum atomic E-state index is -1.05. The minimum Gasteiger partial charge on any atom is -0.465 e. The summed E-state index contributed by atoms with van der Waals surface area (Å²) >= 11 is 0. The maximum atomic E-state index is 12.2. The number of esters is 1. The number of carbonyl (C=O) groups is 3. The van der Waals surface area contributed by atoms with E-state index in [2.05, 4.69) is 11.9 Å². The molecule has 2 N–H and O–H groups in total. The number of amides is 2. The molecular formula is C19H28N2O5. The number of ether oxygens (including phenoxy) is 1. The van der Waals surface area contributed by atoms with Crippen LogP contribution in [0.15, 0.2) is 12.2 Å². The molecule has 3 fully saturated rings. The molecular weight excluding hydrogens is 336 g/mol. The van der Waals surface area contributed by atoms with Crippen molar-refractivity contribution in [3.8, 4) is 0 Å². The molecule has 1 heterocycles. The Morgan fingerprint density at radius 2 is 2.04 bits per heavy atom. The van der Waals surface area contributed by atoms with Crippen molar-refractivity contribution in [3.05, 3.63) is 12.2 Å². The van der Waals surface area contributed by atoms with E-state index in [1.807, 2.05) is 20.8 Å². The Morgan fingerprint density at radius 3 is 2.58 bits per heavy atom. The van der Waals surface area contributed by atoms with Crippen LogP contribution in [0.5, 0.6) is 0 Å². The summed E-state index contributed by atoms with van der Waals surface area (Å²) < 4.78 is 5.72. The van der Waals surface area contributed by atoms with Crippen LogP contribution in [-0.2, 0) is 14.3 Å². The van der Waals surface area contributed by atoms with Crippen LogP contribution in [-0.4, -0.2) is 52.2 Å². The van der Waals surface area contributed by atoms with Crippen molar-refractivity contribution in [2.75, 3.05) is 6.54 Å². The summed E-state index contributed by atoms with van der Waals surface area (Å²) in [6.45, 7) is 10.7. The van der Waals surface area contributed by atoms with Crippen LogP contribution in [0, 0.1) is 23.7 Å². The van der Waals surface area contributed by atoms with E-state index in [1.165, 1.54) is 4.90 Å². The van der Waals surface area contributed by atoms with Crippen LogP contribution in [0.1, 0.15) is 40.5 Å². The van der Waals surface area contributed by atoms with E-state index >= 15 is 0 Å².